The summed E-state index contributed by atoms with van der Waals surface area (Å²) in [5.41, 5.74) is 2.46. The molecular formula is C17H24F2IN5. The first-order valence-electron chi connectivity index (χ1n) is 7.82. The molecule has 5 nitrogen and oxygen atoms in total. The van der Waals surface area contributed by atoms with Crippen molar-refractivity contribution >= 4 is 29.9 Å². The molecule has 2 N–H and O–H groups in total. The normalized spacial score (nSPS) is 12.6. The Morgan fingerprint density at radius 3 is 2.72 bits per heavy atom. The minimum absolute atomic E-state index is 0. The minimum atomic E-state index is -2.60. The van der Waals surface area contributed by atoms with E-state index in [1.54, 1.807) is 7.05 Å². The highest BCUT2D eigenvalue weighted by atomic mass is 127. The fourth-order valence-electron chi connectivity index (χ4n) is 2.39. The molecule has 0 fully saturated rings. The molecule has 1 unspecified atom stereocenters. The molecule has 1 heterocycles. The zero-order valence-electron chi connectivity index (χ0n) is 14.5. The van der Waals surface area contributed by atoms with Crippen LogP contribution in [0.2, 0.25) is 0 Å². The van der Waals surface area contributed by atoms with Gasteiger partial charge < -0.3 is 10.6 Å². The molecule has 138 valence electrons. The molecule has 1 aromatic heterocycles. The number of alkyl halides is 2. The third-order valence-electron chi connectivity index (χ3n) is 3.78. The maximum absolute atomic E-state index is 12.8. The maximum atomic E-state index is 12.8. The van der Waals surface area contributed by atoms with Crippen LogP contribution < -0.4 is 10.6 Å². The van der Waals surface area contributed by atoms with Crippen LogP contribution >= 0.6 is 24.0 Å². The Balaban J connectivity index is 0.00000312. The average Bonchev–Trinajstić information content (AvgIpc) is 3.03. The number of nitrogens with zero attached hydrogens (tertiary/aromatic N) is 3. The van der Waals surface area contributed by atoms with Crippen molar-refractivity contribution in [2.75, 3.05) is 13.6 Å². The molecule has 25 heavy (non-hydrogen) atoms. The summed E-state index contributed by atoms with van der Waals surface area (Å²) >= 11 is 0. The average molecular weight is 463 g/mol. The first-order valence-corrected chi connectivity index (χ1v) is 7.82. The lowest BCUT2D eigenvalue weighted by molar-refractivity contribution is 0.0668. The van der Waals surface area contributed by atoms with E-state index in [4.69, 9.17) is 0 Å². The van der Waals surface area contributed by atoms with Gasteiger partial charge in [-0.1, -0.05) is 36.8 Å². The summed E-state index contributed by atoms with van der Waals surface area (Å²) in [6.45, 7) is 2.46. The van der Waals surface area contributed by atoms with Crippen LogP contribution in [0.4, 0.5) is 8.78 Å². The van der Waals surface area contributed by atoms with Gasteiger partial charge in [0.15, 0.2) is 5.96 Å². The number of aliphatic imine (C=N–C) groups is 1. The molecule has 0 spiro atoms. The SMILES string of the molecule is CN=C(NCc1nccn1C(F)F)NCC(C)c1cccc(C)c1.I. The van der Waals surface area contributed by atoms with Crippen LogP contribution in [0.15, 0.2) is 41.7 Å². The van der Waals surface area contributed by atoms with E-state index in [2.05, 4.69) is 52.7 Å². The highest BCUT2D eigenvalue weighted by molar-refractivity contribution is 14.0. The molecule has 0 saturated heterocycles. The maximum Gasteiger partial charge on any atom is 0.319 e. The topological polar surface area (TPSA) is 54.2 Å². The van der Waals surface area contributed by atoms with Crippen LogP contribution in [0.1, 0.15) is 36.3 Å². The molecule has 0 saturated carbocycles. The molecule has 0 aliphatic carbocycles. The zero-order chi connectivity index (χ0) is 17.5. The summed E-state index contributed by atoms with van der Waals surface area (Å²) in [6.07, 6.45) is 2.62. The number of halogens is 3. The quantitative estimate of drug-likeness (QED) is 0.391. The summed E-state index contributed by atoms with van der Waals surface area (Å²) < 4.78 is 26.4. The van der Waals surface area contributed by atoms with E-state index in [0.717, 1.165) is 4.57 Å². The van der Waals surface area contributed by atoms with Crippen molar-refractivity contribution in [1.82, 2.24) is 20.2 Å². The third-order valence-corrected chi connectivity index (χ3v) is 3.78. The fourth-order valence-corrected chi connectivity index (χ4v) is 2.39. The van der Waals surface area contributed by atoms with Gasteiger partial charge in [-0.25, -0.2) is 4.98 Å². The Bertz CT molecular complexity index is 687. The molecule has 0 amide bonds. The van der Waals surface area contributed by atoms with Crippen molar-refractivity contribution in [3.8, 4) is 0 Å². The van der Waals surface area contributed by atoms with Crippen molar-refractivity contribution in [3.05, 3.63) is 53.6 Å². The van der Waals surface area contributed by atoms with Gasteiger partial charge in [0.25, 0.3) is 0 Å². The van der Waals surface area contributed by atoms with Gasteiger partial charge in [-0.15, -0.1) is 24.0 Å². The molecule has 0 aliphatic heterocycles. The van der Waals surface area contributed by atoms with Crippen molar-refractivity contribution in [1.29, 1.82) is 0 Å². The highest BCUT2D eigenvalue weighted by Gasteiger charge is 2.12. The molecule has 2 aromatic rings. The number of benzene rings is 1. The van der Waals surface area contributed by atoms with E-state index < -0.39 is 6.55 Å². The summed E-state index contributed by atoms with van der Waals surface area (Å²) in [5, 5.41) is 6.22. The first-order chi connectivity index (χ1) is 11.5. The molecular weight excluding hydrogens is 439 g/mol. The van der Waals surface area contributed by atoms with Crippen LogP contribution in [-0.4, -0.2) is 29.1 Å². The Kier molecular flexibility index (Phi) is 8.81. The van der Waals surface area contributed by atoms with Gasteiger partial charge in [-0.3, -0.25) is 9.56 Å². The Morgan fingerprint density at radius 1 is 1.32 bits per heavy atom. The molecule has 8 heteroatoms. The number of guanidine groups is 1. The van der Waals surface area contributed by atoms with Crippen molar-refractivity contribution in [2.24, 2.45) is 4.99 Å². The van der Waals surface area contributed by atoms with Crippen LogP contribution in [0.3, 0.4) is 0 Å². The van der Waals surface area contributed by atoms with E-state index in [1.807, 2.05) is 6.07 Å². The van der Waals surface area contributed by atoms with Crippen molar-refractivity contribution < 1.29 is 8.78 Å². The first kappa shape index (κ1) is 21.3. The van der Waals surface area contributed by atoms with E-state index >= 15 is 0 Å². The summed E-state index contributed by atoms with van der Waals surface area (Å²) in [5.74, 6) is 1.12. The number of rotatable bonds is 6. The van der Waals surface area contributed by atoms with Gasteiger partial charge in [0.2, 0.25) is 0 Å². The van der Waals surface area contributed by atoms with Gasteiger partial charge in [-0.2, -0.15) is 8.78 Å². The molecule has 1 atom stereocenters. The largest absolute Gasteiger partial charge is 0.356 e. The van der Waals surface area contributed by atoms with E-state index in [0.29, 0.717) is 18.4 Å². The summed E-state index contributed by atoms with van der Waals surface area (Å²) in [6, 6.07) is 8.35. The summed E-state index contributed by atoms with van der Waals surface area (Å²) in [7, 11) is 1.65. The lowest BCUT2D eigenvalue weighted by Crippen LogP contribution is -2.39. The van der Waals surface area contributed by atoms with E-state index in [9.17, 15) is 8.78 Å². The molecule has 0 bridgehead atoms. The third kappa shape index (κ3) is 6.26. The second-order valence-corrected chi connectivity index (χ2v) is 5.65. The highest BCUT2D eigenvalue weighted by Crippen LogP contribution is 2.15. The Labute approximate surface area is 164 Å². The zero-order valence-corrected chi connectivity index (χ0v) is 16.9. The predicted octanol–water partition coefficient (Wildman–Crippen LogP) is 3.67. The van der Waals surface area contributed by atoms with Crippen molar-refractivity contribution in [3.63, 3.8) is 0 Å². The number of imidazole rings is 1. The van der Waals surface area contributed by atoms with Gasteiger partial charge in [-0.05, 0) is 18.4 Å². The monoisotopic (exact) mass is 463 g/mol. The smallest absolute Gasteiger partial charge is 0.319 e. The van der Waals surface area contributed by atoms with Gasteiger partial charge in [0.05, 0.1) is 6.54 Å². The van der Waals surface area contributed by atoms with Gasteiger partial charge >= 0.3 is 6.55 Å². The molecule has 1 aromatic carbocycles. The predicted molar refractivity (Wildman–Crippen MR) is 107 cm³/mol. The van der Waals surface area contributed by atoms with E-state index in [-0.39, 0.29) is 36.3 Å². The standard InChI is InChI=1S/C17H23F2N5.HI/c1-12-5-4-6-14(9-12)13(2)10-22-17(20-3)23-11-15-21-7-8-24(15)16(18)19;/h4-9,13,16H,10-11H2,1-3H3,(H2,20,22,23);1H. The fraction of sp³-hybridized carbons (Fsp3) is 0.412. The second kappa shape index (κ2) is 10.3. The number of hydrogen-bond acceptors (Lipinski definition) is 2. The number of aryl methyl sites for hydroxylation is 1. The second-order valence-electron chi connectivity index (χ2n) is 5.65. The molecule has 0 aliphatic rings. The van der Waals surface area contributed by atoms with E-state index in [1.165, 1.54) is 23.5 Å². The summed E-state index contributed by atoms with van der Waals surface area (Å²) in [4.78, 5) is 8.05. The lowest BCUT2D eigenvalue weighted by atomic mass is 9.99. The van der Waals surface area contributed by atoms with Gasteiger partial charge in [0, 0.05) is 26.0 Å². The number of hydrogen-bond donors (Lipinski definition) is 2. The number of nitrogens with one attached hydrogen (secondary N) is 2. The molecule has 0 radical (unpaired) electrons. The Morgan fingerprint density at radius 2 is 2.08 bits per heavy atom. The van der Waals surface area contributed by atoms with Crippen LogP contribution in [0, 0.1) is 6.92 Å². The minimum Gasteiger partial charge on any atom is -0.356 e. The van der Waals surface area contributed by atoms with Crippen LogP contribution in [0.5, 0.6) is 0 Å². The molecule has 2 rings (SSSR count). The number of aromatic nitrogens is 2. The lowest BCUT2D eigenvalue weighted by Gasteiger charge is -2.17. The van der Waals surface area contributed by atoms with Crippen LogP contribution in [-0.2, 0) is 6.54 Å². The van der Waals surface area contributed by atoms with Gasteiger partial charge in [0.1, 0.15) is 5.82 Å². The van der Waals surface area contributed by atoms with Crippen LogP contribution in [0.25, 0.3) is 0 Å². The Hall–Kier alpha value is -1.71. The van der Waals surface area contributed by atoms with Crippen molar-refractivity contribution in [2.45, 2.75) is 32.9 Å².